The van der Waals surface area contributed by atoms with Crippen molar-refractivity contribution in [2.75, 3.05) is 38.7 Å². The Balaban J connectivity index is 1.29. The van der Waals surface area contributed by atoms with Crippen LogP contribution in [0.3, 0.4) is 0 Å². The number of carbonyl (C=O) groups is 4. The number of rotatable bonds is 27. The van der Waals surface area contributed by atoms with Crippen molar-refractivity contribution in [1.29, 1.82) is 0 Å². The van der Waals surface area contributed by atoms with E-state index >= 15 is 0 Å². The largest absolute Gasteiger partial charge is 0.381 e. The number of thioether (sulfide) groups is 1. The molecule has 2 saturated heterocycles. The van der Waals surface area contributed by atoms with Crippen molar-refractivity contribution in [2.45, 2.75) is 126 Å². The van der Waals surface area contributed by atoms with Crippen molar-refractivity contribution < 1.29 is 28.7 Å². The van der Waals surface area contributed by atoms with E-state index in [4.69, 9.17) is 15.2 Å². The third-order valence-electron chi connectivity index (χ3n) is 7.52. The number of ether oxygens (including phenoxy) is 2. The molecule has 0 saturated carbocycles. The standard InChI is InChI=1S/C30H53N3O6S/c31-18-10-22-39-21-8-5-14-26(36)16-9-15-25(35)13-4-7-20-38-19-6-3-12-24(34)11-1-2-17-28-29-27(23-40-28)32-30(37)33-29/h27-29H,1-23,31H2,(H2,32,33,37). The zero-order valence-electron chi connectivity index (χ0n) is 24.4. The number of ketones is 3. The zero-order chi connectivity index (χ0) is 28.8. The number of hydrogen-bond acceptors (Lipinski definition) is 8. The van der Waals surface area contributed by atoms with Gasteiger partial charge in [-0.25, -0.2) is 4.79 Å². The smallest absolute Gasteiger partial charge is 0.315 e. The summed E-state index contributed by atoms with van der Waals surface area (Å²) in [7, 11) is 0. The number of carbonyl (C=O) groups excluding carboxylic acids is 4. The highest BCUT2D eigenvalue weighted by atomic mass is 32.2. The molecule has 40 heavy (non-hydrogen) atoms. The average Bonchev–Trinajstić information content (AvgIpc) is 3.48. The first-order valence-electron chi connectivity index (χ1n) is 15.6. The fraction of sp³-hybridized carbons (Fsp3) is 0.867. The Bertz CT molecular complexity index is 753. The van der Waals surface area contributed by atoms with Crippen molar-refractivity contribution >= 4 is 35.1 Å². The van der Waals surface area contributed by atoms with Gasteiger partial charge in [0.25, 0.3) is 0 Å². The van der Waals surface area contributed by atoms with Gasteiger partial charge in [0.1, 0.15) is 17.3 Å². The molecule has 0 aromatic carbocycles. The van der Waals surface area contributed by atoms with Crippen LogP contribution in [0.5, 0.6) is 0 Å². The van der Waals surface area contributed by atoms with Crippen molar-refractivity contribution in [3.63, 3.8) is 0 Å². The number of nitrogens with two attached hydrogens (primary N) is 1. The molecule has 4 N–H and O–H groups in total. The van der Waals surface area contributed by atoms with Crippen LogP contribution in [0.25, 0.3) is 0 Å². The van der Waals surface area contributed by atoms with E-state index in [-0.39, 0.29) is 29.7 Å². The summed E-state index contributed by atoms with van der Waals surface area (Å²) >= 11 is 1.92. The molecule has 3 atom stereocenters. The lowest BCUT2D eigenvalue weighted by atomic mass is 10.0. The first-order valence-corrected chi connectivity index (χ1v) is 16.6. The molecule has 0 aromatic heterocycles. The first-order chi connectivity index (χ1) is 19.5. The number of nitrogens with one attached hydrogen (secondary N) is 2. The van der Waals surface area contributed by atoms with Crippen LogP contribution >= 0.6 is 11.8 Å². The van der Waals surface area contributed by atoms with E-state index in [1.165, 1.54) is 0 Å². The van der Waals surface area contributed by atoms with Crippen LogP contribution in [0, 0.1) is 0 Å². The second kappa shape index (κ2) is 22.2. The van der Waals surface area contributed by atoms with E-state index < -0.39 is 0 Å². The molecule has 2 aliphatic heterocycles. The monoisotopic (exact) mass is 583 g/mol. The lowest BCUT2D eigenvalue weighted by molar-refractivity contribution is -0.121. The number of Topliss-reactive ketones (excluding diaryl/α,β-unsaturated/α-hetero) is 3. The number of unbranched alkanes of at least 4 members (excludes halogenated alkanes) is 4. The Morgan fingerprint density at radius 3 is 1.68 bits per heavy atom. The molecule has 0 spiro atoms. The van der Waals surface area contributed by atoms with Crippen molar-refractivity contribution in [3.05, 3.63) is 0 Å². The van der Waals surface area contributed by atoms with Crippen molar-refractivity contribution in [3.8, 4) is 0 Å². The minimum atomic E-state index is -0.0469. The topological polar surface area (TPSA) is 137 Å². The number of hydrogen-bond donors (Lipinski definition) is 3. The van der Waals surface area contributed by atoms with E-state index in [1.807, 2.05) is 11.8 Å². The van der Waals surface area contributed by atoms with E-state index in [0.717, 1.165) is 70.0 Å². The zero-order valence-corrected chi connectivity index (χ0v) is 25.2. The van der Waals surface area contributed by atoms with Gasteiger partial charge in [-0.2, -0.15) is 11.8 Å². The third kappa shape index (κ3) is 16.1. The molecule has 2 rings (SSSR count). The molecule has 10 heteroatoms. The molecule has 3 unspecified atom stereocenters. The lowest BCUT2D eigenvalue weighted by Gasteiger charge is -2.16. The summed E-state index contributed by atoms with van der Waals surface area (Å²) in [5.74, 6) is 1.77. The molecule has 0 aliphatic carbocycles. The summed E-state index contributed by atoms with van der Waals surface area (Å²) in [6, 6.07) is 0.462. The van der Waals surface area contributed by atoms with Gasteiger partial charge in [-0.15, -0.1) is 0 Å². The molecule has 0 aromatic rings. The van der Waals surface area contributed by atoms with Gasteiger partial charge in [0, 0.05) is 76.0 Å². The fourth-order valence-electron chi connectivity index (χ4n) is 5.14. The molecule has 2 amide bonds. The maximum atomic E-state index is 12.1. The van der Waals surface area contributed by atoms with Gasteiger partial charge < -0.3 is 25.8 Å². The molecular formula is C30H53N3O6S. The predicted molar refractivity (Wildman–Crippen MR) is 160 cm³/mol. The molecule has 9 nitrogen and oxygen atoms in total. The number of fused-ring (bicyclic) bond motifs is 1. The van der Waals surface area contributed by atoms with Gasteiger partial charge in [0.05, 0.1) is 12.1 Å². The van der Waals surface area contributed by atoms with Crippen LogP contribution in [0.4, 0.5) is 4.79 Å². The Hall–Kier alpha value is -1.49. The highest BCUT2D eigenvalue weighted by molar-refractivity contribution is 8.00. The van der Waals surface area contributed by atoms with E-state index in [2.05, 4.69) is 10.6 Å². The van der Waals surface area contributed by atoms with Gasteiger partial charge >= 0.3 is 6.03 Å². The summed E-state index contributed by atoms with van der Waals surface area (Å²) in [4.78, 5) is 47.6. The SMILES string of the molecule is NCCCOCCCCC(=O)CCCC(=O)CCCCOCCCCC(=O)CCCCC1SCC2NC(=O)NC21. The maximum Gasteiger partial charge on any atom is 0.315 e. The second-order valence-corrected chi connectivity index (χ2v) is 12.3. The normalized spacial score (nSPS) is 19.8. The van der Waals surface area contributed by atoms with Crippen LogP contribution in [0.2, 0.25) is 0 Å². The minimum Gasteiger partial charge on any atom is -0.381 e. The van der Waals surface area contributed by atoms with Crippen LogP contribution in [-0.2, 0) is 23.9 Å². The Morgan fingerprint density at radius 2 is 1.15 bits per heavy atom. The summed E-state index contributed by atoms with van der Waals surface area (Å²) in [6.07, 6.45) is 13.0. The molecule has 0 bridgehead atoms. The quantitative estimate of drug-likeness (QED) is 0.0951. The van der Waals surface area contributed by atoms with Crippen LogP contribution in [-0.4, -0.2) is 79.4 Å². The highest BCUT2D eigenvalue weighted by Crippen LogP contribution is 2.33. The highest BCUT2D eigenvalue weighted by Gasteiger charge is 2.42. The molecular weight excluding hydrogens is 530 g/mol. The molecule has 2 heterocycles. The average molecular weight is 584 g/mol. The summed E-state index contributed by atoms with van der Waals surface area (Å²) in [6.45, 7) is 3.31. The van der Waals surface area contributed by atoms with Crippen LogP contribution < -0.4 is 16.4 Å². The molecule has 2 fully saturated rings. The van der Waals surface area contributed by atoms with Crippen LogP contribution in [0.15, 0.2) is 0 Å². The second-order valence-electron chi connectivity index (χ2n) is 11.1. The predicted octanol–water partition coefficient (Wildman–Crippen LogP) is 4.48. The lowest BCUT2D eigenvalue weighted by Crippen LogP contribution is -2.36. The molecule has 230 valence electrons. The Morgan fingerprint density at radius 1 is 0.675 bits per heavy atom. The van der Waals surface area contributed by atoms with E-state index in [1.54, 1.807) is 0 Å². The minimum absolute atomic E-state index is 0.0469. The van der Waals surface area contributed by atoms with Crippen molar-refractivity contribution in [1.82, 2.24) is 10.6 Å². The Kier molecular flexibility index (Phi) is 19.2. The summed E-state index contributed by atoms with van der Waals surface area (Å²) < 4.78 is 11.1. The number of urea groups is 1. The van der Waals surface area contributed by atoms with Gasteiger partial charge in [-0.05, 0) is 70.8 Å². The number of amides is 2. The Labute approximate surface area is 245 Å². The van der Waals surface area contributed by atoms with Gasteiger partial charge in [-0.3, -0.25) is 14.4 Å². The molecule has 0 radical (unpaired) electrons. The van der Waals surface area contributed by atoms with Crippen molar-refractivity contribution in [2.24, 2.45) is 5.73 Å². The fourth-order valence-corrected chi connectivity index (χ4v) is 6.68. The van der Waals surface area contributed by atoms with Gasteiger partial charge in [0.2, 0.25) is 0 Å². The third-order valence-corrected chi connectivity index (χ3v) is 9.03. The van der Waals surface area contributed by atoms with E-state index in [0.29, 0.717) is 89.0 Å². The first kappa shape index (κ1) is 34.7. The maximum absolute atomic E-state index is 12.1. The van der Waals surface area contributed by atoms with Gasteiger partial charge in [0.15, 0.2) is 0 Å². The summed E-state index contributed by atoms with van der Waals surface area (Å²) in [5.41, 5.74) is 5.41. The van der Waals surface area contributed by atoms with Gasteiger partial charge in [-0.1, -0.05) is 6.42 Å². The molecule has 2 aliphatic rings. The summed E-state index contributed by atoms with van der Waals surface area (Å²) in [5, 5.41) is 6.44. The van der Waals surface area contributed by atoms with E-state index in [9.17, 15) is 19.2 Å². The van der Waals surface area contributed by atoms with Crippen LogP contribution in [0.1, 0.15) is 109 Å².